The van der Waals surface area contributed by atoms with E-state index in [0.29, 0.717) is 0 Å². The van der Waals surface area contributed by atoms with Gasteiger partial charge in [-0.15, -0.1) is 17.7 Å². The summed E-state index contributed by atoms with van der Waals surface area (Å²) in [7, 11) is 4.12. The van der Waals surface area contributed by atoms with Crippen molar-refractivity contribution >= 4 is 5.69 Å². The van der Waals surface area contributed by atoms with E-state index in [4.69, 9.17) is 0 Å². The first-order valence-electron chi connectivity index (χ1n) is 7.02. The van der Waals surface area contributed by atoms with E-state index in [1.54, 1.807) is 0 Å². The zero-order valence-corrected chi connectivity index (χ0v) is 15.7. The summed E-state index contributed by atoms with van der Waals surface area (Å²) in [5.74, 6) is 0. The Labute approximate surface area is 157 Å². The minimum absolute atomic E-state index is 0. The van der Waals surface area contributed by atoms with Crippen molar-refractivity contribution in [1.82, 2.24) is 0 Å². The number of anilines is 1. The molecule has 0 aromatic heterocycles. The molecule has 22 heavy (non-hydrogen) atoms. The number of benzene rings is 3. The first-order valence-corrected chi connectivity index (χ1v) is 7.02. The third-order valence-electron chi connectivity index (χ3n) is 3.47. The van der Waals surface area contributed by atoms with Gasteiger partial charge in [0, 0.05) is 32.7 Å². The second kappa shape index (κ2) is 7.71. The second-order valence-electron chi connectivity index (χ2n) is 5.17. The van der Waals surface area contributed by atoms with E-state index >= 15 is 0 Å². The van der Waals surface area contributed by atoms with E-state index in [2.05, 4.69) is 73.6 Å². The van der Waals surface area contributed by atoms with Crippen LogP contribution in [-0.4, -0.2) is 14.1 Å². The fourth-order valence-corrected chi connectivity index (χ4v) is 2.40. The van der Waals surface area contributed by atoms with Crippen molar-refractivity contribution in [1.29, 1.82) is 0 Å². The van der Waals surface area contributed by atoms with Crippen LogP contribution in [0.4, 0.5) is 5.69 Å². The van der Waals surface area contributed by atoms with Crippen molar-refractivity contribution in [3.63, 3.8) is 0 Å². The van der Waals surface area contributed by atoms with Gasteiger partial charge in [-0.3, -0.25) is 0 Å². The van der Waals surface area contributed by atoms with Crippen LogP contribution in [0.2, 0.25) is 0 Å². The Balaban J connectivity index is 0.00000176. The average Bonchev–Trinajstić information content (AvgIpc) is 2.56. The Morgan fingerprint density at radius 1 is 0.773 bits per heavy atom. The number of hydrogen-bond donors (Lipinski definition) is 0. The maximum atomic E-state index is 3.55. The summed E-state index contributed by atoms with van der Waals surface area (Å²) >= 11 is 0. The fourth-order valence-electron chi connectivity index (χ4n) is 2.40. The first-order chi connectivity index (χ1) is 10.3. The predicted molar refractivity (Wildman–Crippen MR) is 89.3 cm³/mol. The molecule has 0 saturated carbocycles. The Kier molecular flexibility index (Phi) is 5.93. The van der Waals surface area contributed by atoms with Crippen LogP contribution in [-0.2, 0) is 32.7 Å². The van der Waals surface area contributed by atoms with E-state index in [0.717, 1.165) is 16.7 Å². The maximum absolute atomic E-state index is 3.55. The van der Waals surface area contributed by atoms with Gasteiger partial charge in [0.15, 0.2) is 0 Å². The van der Waals surface area contributed by atoms with Gasteiger partial charge in [-0.25, -0.2) is 5.56 Å². The number of rotatable bonds is 3. The van der Waals surface area contributed by atoms with Gasteiger partial charge in [0.05, 0.1) is 0 Å². The van der Waals surface area contributed by atoms with E-state index in [1.165, 1.54) is 11.3 Å². The van der Waals surface area contributed by atoms with E-state index < -0.39 is 0 Å². The van der Waals surface area contributed by atoms with Crippen molar-refractivity contribution < 1.29 is 32.7 Å². The summed E-state index contributed by atoms with van der Waals surface area (Å²) in [6, 6.07) is 29.5. The van der Waals surface area contributed by atoms with Crippen molar-refractivity contribution in [2.75, 3.05) is 19.0 Å². The Hall–Kier alpha value is -1.44. The molecule has 0 amide bonds. The van der Waals surface area contributed by atoms with Crippen molar-refractivity contribution in [3.8, 4) is 22.3 Å². The Morgan fingerprint density at radius 3 is 2.14 bits per heavy atom. The van der Waals surface area contributed by atoms with Gasteiger partial charge in [-0.2, -0.15) is 42.0 Å². The van der Waals surface area contributed by atoms with E-state index in [1.807, 2.05) is 24.3 Å². The molecule has 1 radical (unpaired) electrons. The van der Waals surface area contributed by atoms with Crippen LogP contribution in [0.25, 0.3) is 22.3 Å². The molecular formula is C20H17NY-2. The molecule has 107 valence electrons. The molecule has 0 aliphatic heterocycles. The third kappa shape index (κ3) is 3.66. The number of nitrogens with zero attached hydrogens (tertiary/aromatic N) is 1. The number of hydrogen-bond acceptors (Lipinski definition) is 1. The van der Waals surface area contributed by atoms with Crippen molar-refractivity contribution in [2.24, 2.45) is 0 Å². The minimum Gasteiger partial charge on any atom is -0.408 e. The molecule has 0 fully saturated rings. The van der Waals surface area contributed by atoms with Crippen molar-refractivity contribution in [2.45, 2.75) is 0 Å². The van der Waals surface area contributed by atoms with Gasteiger partial charge < -0.3 is 4.90 Å². The smallest absolute Gasteiger partial charge is 0 e. The van der Waals surface area contributed by atoms with Crippen LogP contribution in [0.1, 0.15) is 0 Å². The molecule has 3 rings (SSSR count). The summed E-state index contributed by atoms with van der Waals surface area (Å²) < 4.78 is 0. The van der Waals surface area contributed by atoms with Crippen LogP contribution in [0.15, 0.2) is 66.7 Å². The molecule has 0 heterocycles. The SMILES string of the molecule is CN(C)c1ccc(-c2[c-]cccc2)[c-]c1-c1ccccc1.[Y]. The molecule has 1 nitrogen and oxygen atoms in total. The quantitative estimate of drug-likeness (QED) is 0.613. The topological polar surface area (TPSA) is 3.24 Å². The van der Waals surface area contributed by atoms with Gasteiger partial charge in [-0.1, -0.05) is 35.9 Å². The van der Waals surface area contributed by atoms with Crippen LogP contribution in [0.5, 0.6) is 0 Å². The fraction of sp³-hybridized carbons (Fsp3) is 0.100. The maximum Gasteiger partial charge on any atom is 0 e. The van der Waals surface area contributed by atoms with Gasteiger partial charge in [-0.05, 0) is 19.8 Å². The zero-order chi connectivity index (χ0) is 14.7. The van der Waals surface area contributed by atoms with E-state index in [9.17, 15) is 0 Å². The predicted octanol–water partition coefficient (Wildman–Crippen LogP) is 4.68. The minimum atomic E-state index is 0. The Morgan fingerprint density at radius 2 is 1.50 bits per heavy atom. The largest absolute Gasteiger partial charge is 0.408 e. The van der Waals surface area contributed by atoms with Gasteiger partial charge in [0.1, 0.15) is 0 Å². The van der Waals surface area contributed by atoms with Gasteiger partial charge in [0.2, 0.25) is 0 Å². The van der Waals surface area contributed by atoms with Crippen LogP contribution < -0.4 is 4.90 Å². The van der Waals surface area contributed by atoms with Crippen molar-refractivity contribution in [3.05, 3.63) is 78.9 Å². The molecule has 3 aromatic carbocycles. The molecule has 0 aliphatic rings. The molecule has 0 atom stereocenters. The molecule has 0 unspecified atom stereocenters. The second-order valence-corrected chi connectivity index (χ2v) is 5.17. The molecule has 0 saturated heterocycles. The molecule has 2 heteroatoms. The average molecular weight is 360 g/mol. The standard InChI is InChI=1S/C20H17N.Y/c1-21(2)20-14-13-18(16-9-5-3-6-10-16)15-19(20)17-11-7-4-8-12-17;/h3-9,11-14H,1-2H3;/q-2;. The molecule has 3 aromatic rings. The molecule has 0 bridgehead atoms. The van der Waals surface area contributed by atoms with Gasteiger partial charge >= 0.3 is 0 Å². The molecule has 0 aliphatic carbocycles. The first kappa shape index (κ1) is 16.9. The molecular weight excluding hydrogens is 343 g/mol. The summed E-state index contributed by atoms with van der Waals surface area (Å²) in [5.41, 5.74) is 5.61. The van der Waals surface area contributed by atoms with Gasteiger partial charge in [0.25, 0.3) is 0 Å². The van der Waals surface area contributed by atoms with E-state index in [-0.39, 0.29) is 32.7 Å². The molecule has 0 spiro atoms. The van der Waals surface area contributed by atoms with Crippen LogP contribution in [0, 0.1) is 12.1 Å². The summed E-state index contributed by atoms with van der Waals surface area (Å²) in [4.78, 5) is 2.12. The Bertz CT molecular complexity index is 721. The summed E-state index contributed by atoms with van der Waals surface area (Å²) in [6.45, 7) is 0. The zero-order valence-electron chi connectivity index (χ0n) is 12.9. The monoisotopic (exact) mass is 360 g/mol. The van der Waals surface area contributed by atoms with Crippen LogP contribution >= 0.6 is 0 Å². The summed E-state index contributed by atoms with van der Waals surface area (Å²) in [5, 5.41) is 0. The summed E-state index contributed by atoms with van der Waals surface area (Å²) in [6.07, 6.45) is 0. The normalized spacial score (nSPS) is 9.91. The third-order valence-corrected chi connectivity index (χ3v) is 3.47. The molecule has 0 N–H and O–H groups in total. The van der Waals surface area contributed by atoms with Crippen LogP contribution in [0.3, 0.4) is 0 Å².